The summed E-state index contributed by atoms with van der Waals surface area (Å²) in [6, 6.07) is 6.06. The quantitative estimate of drug-likeness (QED) is 0.764. The summed E-state index contributed by atoms with van der Waals surface area (Å²) in [5.41, 5.74) is 2.99. The maximum Gasteiger partial charge on any atom is 0.251 e. The van der Waals surface area contributed by atoms with Crippen molar-refractivity contribution in [2.24, 2.45) is 0 Å². The third-order valence-electron chi connectivity index (χ3n) is 1.90. The Morgan fingerprint density at radius 2 is 1.64 bits per heavy atom. The number of aryl methyl sites for hydroxylation is 2. The lowest BCUT2D eigenvalue weighted by atomic mass is 10.1. The van der Waals surface area contributed by atoms with E-state index >= 15 is 0 Å². The van der Waals surface area contributed by atoms with Gasteiger partial charge in [0.2, 0.25) is 0 Å². The minimum atomic E-state index is 0.00630. The highest BCUT2D eigenvalue weighted by molar-refractivity contribution is 5.94. The Morgan fingerprint density at radius 3 is 2.07 bits per heavy atom. The minimum absolute atomic E-state index is 0.00630. The van der Waals surface area contributed by atoms with Gasteiger partial charge in [0, 0.05) is 11.6 Å². The Morgan fingerprint density at radius 1 is 1.14 bits per heavy atom. The predicted molar refractivity (Wildman–Crippen MR) is 58.5 cm³/mol. The first-order valence-corrected chi connectivity index (χ1v) is 4.88. The zero-order chi connectivity index (χ0) is 10.7. The molecule has 0 heterocycles. The van der Waals surface area contributed by atoms with Gasteiger partial charge in [-0.15, -0.1) is 0 Å². The fraction of sp³-hybridized carbons (Fsp3) is 0.417. The Balaban J connectivity index is 2.90. The number of nitrogens with one attached hydrogen (secondary N) is 1. The van der Waals surface area contributed by atoms with Gasteiger partial charge in [0.25, 0.3) is 5.91 Å². The van der Waals surface area contributed by atoms with Crippen molar-refractivity contribution in [3.63, 3.8) is 0 Å². The van der Waals surface area contributed by atoms with Crippen LogP contribution in [0.5, 0.6) is 0 Å². The van der Waals surface area contributed by atoms with Crippen LogP contribution >= 0.6 is 0 Å². The molecule has 0 fully saturated rings. The van der Waals surface area contributed by atoms with E-state index in [0.29, 0.717) is 0 Å². The van der Waals surface area contributed by atoms with Gasteiger partial charge in [-0.2, -0.15) is 0 Å². The number of hydrogen-bond donors (Lipinski definition) is 1. The maximum absolute atomic E-state index is 11.6. The van der Waals surface area contributed by atoms with E-state index in [1.807, 2.05) is 39.8 Å². The van der Waals surface area contributed by atoms with Crippen molar-refractivity contribution in [3.8, 4) is 0 Å². The van der Waals surface area contributed by atoms with Crippen molar-refractivity contribution in [1.82, 2.24) is 5.32 Å². The lowest BCUT2D eigenvalue weighted by Gasteiger charge is -2.09. The third kappa shape index (κ3) is 2.87. The molecular weight excluding hydrogens is 174 g/mol. The van der Waals surface area contributed by atoms with E-state index in [9.17, 15) is 4.79 Å². The topological polar surface area (TPSA) is 29.1 Å². The van der Waals surface area contributed by atoms with Crippen molar-refractivity contribution in [3.05, 3.63) is 34.9 Å². The highest BCUT2D eigenvalue weighted by atomic mass is 16.1. The lowest BCUT2D eigenvalue weighted by molar-refractivity contribution is 0.0943. The Bertz CT molecular complexity index is 322. The van der Waals surface area contributed by atoms with Crippen LogP contribution in [0, 0.1) is 13.8 Å². The van der Waals surface area contributed by atoms with Crippen LogP contribution < -0.4 is 5.32 Å². The molecule has 0 aliphatic heterocycles. The fourth-order valence-corrected chi connectivity index (χ4v) is 1.45. The van der Waals surface area contributed by atoms with Gasteiger partial charge in [-0.25, -0.2) is 0 Å². The molecular formula is C12H17NO. The molecule has 0 aliphatic carbocycles. The number of hydrogen-bond acceptors (Lipinski definition) is 1. The molecule has 2 heteroatoms. The van der Waals surface area contributed by atoms with Gasteiger partial charge in [0.1, 0.15) is 0 Å². The molecule has 1 aromatic carbocycles. The van der Waals surface area contributed by atoms with Crippen LogP contribution in [0.25, 0.3) is 0 Å². The summed E-state index contributed by atoms with van der Waals surface area (Å²) >= 11 is 0. The standard InChI is InChI=1S/C12H17NO/c1-8(2)13-12(14)11-6-9(3)5-10(4)7-11/h5-8H,1-4H3,(H,13,14). The molecule has 1 amide bonds. The van der Waals surface area contributed by atoms with Crippen LogP contribution in [0.15, 0.2) is 18.2 Å². The maximum atomic E-state index is 11.6. The average molecular weight is 191 g/mol. The monoisotopic (exact) mass is 191 g/mol. The first-order chi connectivity index (χ1) is 6.49. The van der Waals surface area contributed by atoms with Gasteiger partial charge in [0.15, 0.2) is 0 Å². The summed E-state index contributed by atoms with van der Waals surface area (Å²) in [7, 11) is 0. The summed E-state index contributed by atoms with van der Waals surface area (Å²) < 4.78 is 0. The SMILES string of the molecule is Cc1cc(C)cc(C(=O)NC(C)C)c1. The minimum Gasteiger partial charge on any atom is -0.350 e. The van der Waals surface area contributed by atoms with E-state index in [4.69, 9.17) is 0 Å². The summed E-state index contributed by atoms with van der Waals surface area (Å²) in [5.74, 6) is 0.00630. The average Bonchev–Trinajstić information content (AvgIpc) is 2.00. The summed E-state index contributed by atoms with van der Waals surface area (Å²) in [4.78, 5) is 11.6. The van der Waals surface area contributed by atoms with Crippen molar-refractivity contribution in [2.45, 2.75) is 33.7 Å². The molecule has 76 valence electrons. The molecule has 1 N–H and O–H groups in total. The van der Waals surface area contributed by atoms with E-state index in [1.165, 1.54) is 0 Å². The second-order valence-electron chi connectivity index (χ2n) is 4.00. The molecule has 1 rings (SSSR count). The van der Waals surface area contributed by atoms with E-state index in [1.54, 1.807) is 0 Å². The molecule has 0 aliphatic rings. The molecule has 0 spiro atoms. The normalized spacial score (nSPS) is 10.4. The highest BCUT2D eigenvalue weighted by Gasteiger charge is 2.07. The zero-order valence-corrected chi connectivity index (χ0v) is 9.22. The van der Waals surface area contributed by atoms with Crippen LogP contribution in [0.1, 0.15) is 35.3 Å². The number of amides is 1. The van der Waals surface area contributed by atoms with Crippen LogP contribution in [-0.4, -0.2) is 11.9 Å². The molecule has 1 aromatic rings. The van der Waals surface area contributed by atoms with Gasteiger partial charge >= 0.3 is 0 Å². The molecule has 2 nitrogen and oxygen atoms in total. The van der Waals surface area contributed by atoms with E-state index in [2.05, 4.69) is 11.4 Å². The summed E-state index contributed by atoms with van der Waals surface area (Å²) in [6.07, 6.45) is 0. The third-order valence-corrected chi connectivity index (χ3v) is 1.90. The lowest BCUT2D eigenvalue weighted by Crippen LogP contribution is -2.30. The number of carbonyl (C=O) groups is 1. The zero-order valence-electron chi connectivity index (χ0n) is 9.22. The first kappa shape index (κ1) is 10.8. The molecule has 0 saturated heterocycles. The molecule has 0 atom stereocenters. The fourth-order valence-electron chi connectivity index (χ4n) is 1.45. The first-order valence-electron chi connectivity index (χ1n) is 4.88. The van der Waals surface area contributed by atoms with E-state index in [-0.39, 0.29) is 11.9 Å². The molecule has 0 radical (unpaired) electrons. The van der Waals surface area contributed by atoms with Crippen molar-refractivity contribution in [2.75, 3.05) is 0 Å². The summed E-state index contributed by atoms with van der Waals surface area (Å²) in [6.45, 7) is 7.92. The van der Waals surface area contributed by atoms with Crippen LogP contribution in [-0.2, 0) is 0 Å². The Kier molecular flexibility index (Phi) is 3.28. The predicted octanol–water partition coefficient (Wildman–Crippen LogP) is 2.44. The van der Waals surface area contributed by atoms with Gasteiger partial charge in [-0.1, -0.05) is 17.2 Å². The summed E-state index contributed by atoms with van der Waals surface area (Å²) in [5, 5.41) is 2.87. The number of carbonyl (C=O) groups excluding carboxylic acids is 1. The Labute approximate surface area is 85.3 Å². The van der Waals surface area contributed by atoms with Crippen LogP contribution in [0.3, 0.4) is 0 Å². The molecule has 14 heavy (non-hydrogen) atoms. The molecule has 0 bridgehead atoms. The number of rotatable bonds is 2. The van der Waals surface area contributed by atoms with Gasteiger partial charge < -0.3 is 5.32 Å². The molecule has 0 saturated carbocycles. The van der Waals surface area contributed by atoms with Crippen molar-refractivity contribution >= 4 is 5.91 Å². The molecule has 0 aromatic heterocycles. The van der Waals surface area contributed by atoms with Gasteiger partial charge in [0.05, 0.1) is 0 Å². The smallest absolute Gasteiger partial charge is 0.251 e. The largest absolute Gasteiger partial charge is 0.350 e. The Hall–Kier alpha value is -1.31. The van der Waals surface area contributed by atoms with E-state index < -0.39 is 0 Å². The van der Waals surface area contributed by atoms with Crippen LogP contribution in [0.4, 0.5) is 0 Å². The second-order valence-corrected chi connectivity index (χ2v) is 4.00. The van der Waals surface area contributed by atoms with E-state index in [0.717, 1.165) is 16.7 Å². The van der Waals surface area contributed by atoms with Crippen molar-refractivity contribution in [1.29, 1.82) is 0 Å². The second kappa shape index (κ2) is 4.27. The number of benzene rings is 1. The highest BCUT2D eigenvalue weighted by Crippen LogP contribution is 2.08. The van der Waals surface area contributed by atoms with Gasteiger partial charge in [-0.05, 0) is 39.8 Å². The van der Waals surface area contributed by atoms with Crippen molar-refractivity contribution < 1.29 is 4.79 Å². The van der Waals surface area contributed by atoms with Gasteiger partial charge in [-0.3, -0.25) is 4.79 Å². The molecule has 0 unspecified atom stereocenters. The van der Waals surface area contributed by atoms with Crippen LogP contribution in [0.2, 0.25) is 0 Å².